The lowest BCUT2D eigenvalue weighted by Gasteiger charge is -2.30. The number of hydrogen-bond donors (Lipinski definition) is 0. The van der Waals surface area contributed by atoms with Crippen molar-refractivity contribution in [3.63, 3.8) is 0 Å². The van der Waals surface area contributed by atoms with Gasteiger partial charge in [0, 0.05) is 13.1 Å². The molecule has 1 aromatic carbocycles. The minimum atomic E-state index is -0.0642. The quantitative estimate of drug-likeness (QED) is 0.854. The van der Waals surface area contributed by atoms with Gasteiger partial charge in [-0.15, -0.1) is 10.2 Å². The van der Waals surface area contributed by atoms with E-state index in [4.69, 9.17) is 0 Å². The number of amides is 1. The van der Waals surface area contributed by atoms with Crippen molar-refractivity contribution in [2.75, 3.05) is 6.54 Å². The predicted molar refractivity (Wildman–Crippen MR) is 74.9 cm³/mol. The van der Waals surface area contributed by atoms with Gasteiger partial charge in [-0.05, 0) is 12.0 Å². The maximum atomic E-state index is 12.7. The second-order valence-electron chi connectivity index (χ2n) is 5.07. The van der Waals surface area contributed by atoms with Crippen molar-refractivity contribution in [2.45, 2.75) is 32.4 Å². The Morgan fingerprint density at radius 3 is 2.85 bits per heavy atom. The van der Waals surface area contributed by atoms with Crippen LogP contribution in [0.2, 0.25) is 0 Å². The van der Waals surface area contributed by atoms with Gasteiger partial charge in [0.1, 0.15) is 6.33 Å². The van der Waals surface area contributed by atoms with Gasteiger partial charge < -0.3 is 9.47 Å². The van der Waals surface area contributed by atoms with E-state index in [1.165, 1.54) is 0 Å². The van der Waals surface area contributed by atoms with Crippen LogP contribution in [0.5, 0.6) is 0 Å². The molecular weight excluding hydrogens is 252 g/mol. The van der Waals surface area contributed by atoms with Gasteiger partial charge in [0.15, 0.2) is 5.82 Å². The van der Waals surface area contributed by atoms with E-state index in [-0.39, 0.29) is 11.8 Å². The third-order valence-corrected chi connectivity index (χ3v) is 3.86. The lowest BCUT2D eigenvalue weighted by molar-refractivity contribution is -0.134. The van der Waals surface area contributed by atoms with Crippen LogP contribution in [0, 0.1) is 0 Å². The Labute approximate surface area is 118 Å². The minimum absolute atomic E-state index is 0.0642. The summed E-state index contributed by atoms with van der Waals surface area (Å²) in [6, 6.07) is 10.00. The van der Waals surface area contributed by atoms with Gasteiger partial charge >= 0.3 is 0 Å². The number of hydrogen-bond acceptors (Lipinski definition) is 3. The number of nitrogens with zero attached hydrogens (tertiary/aromatic N) is 4. The molecule has 0 saturated carbocycles. The highest BCUT2D eigenvalue weighted by Gasteiger charge is 2.27. The van der Waals surface area contributed by atoms with Crippen molar-refractivity contribution in [3.8, 4) is 0 Å². The molecule has 0 aliphatic carbocycles. The van der Waals surface area contributed by atoms with E-state index in [2.05, 4.69) is 17.1 Å². The van der Waals surface area contributed by atoms with E-state index < -0.39 is 0 Å². The van der Waals surface area contributed by atoms with Crippen molar-refractivity contribution >= 4 is 5.91 Å². The van der Waals surface area contributed by atoms with E-state index in [0.717, 1.165) is 30.9 Å². The Morgan fingerprint density at radius 1 is 1.30 bits per heavy atom. The molecule has 1 aliphatic heterocycles. The van der Waals surface area contributed by atoms with Gasteiger partial charge in [-0.3, -0.25) is 4.79 Å². The molecule has 3 rings (SSSR count). The molecule has 104 valence electrons. The van der Waals surface area contributed by atoms with Crippen molar-refractivity contribution < 1.29 is 4.79 Å². The Kier molecular flexibility index (Phi) is 3.50. The van der Waals surface area contributed by atoms with Crippen LogP contribution in [-0.2, 0) is 17.9 Å². The van der Waals surface area contributed by atoms with Crippen LogP contribution in [0.3, 0.4) is 0 Å². The van der Waals surface area contributed by atoms with Crippen LogP contribution >= 0.6 is 0 Å². The number of carbonyl (C=O) groups excluding carboxylic acids is 1. The molecule has 1 aromatic heterocycles. The fraction of sp³-hybridized carbons (Fsp3) is 0.400. The largest absolute Gasteiger partial charge is 0.333 e. The molecule has 2 heterocycles. The van der Waals surface area contributed by atoms with E-state index in [9.17, 15) is 4.79 Å². The molecule has 0 radical (unpaired) electrons. The second-order valence-corrected chi connectivity index (χ2v) is 5.07. The van der Waals surface area contributed by atoms with Gasteiger partial charge in [0.05, 0.1) is 12.5 Å². The third kappa shape index (κ3) is 2.31. The Hall–Kier alpha value is -2.17. The van der Waals surface area contributed by atoms with E-state index in [0.29, 0.717) is 6.54 Å². The van der Waals surface area contributed by atoms with Gasteiger partial charge in [-0.1, -0.05) is 37.3 Å². The topological polar surface area (TPSA) is 51.0 Å². The molecule has 5 nitrogen and oxygen atoms in total. The first-order valence-corrected chi connectivity index (χ1v) is 7.00. The second kappa shape index (κ2) is 5.45. The zero-order valence-corrected chi connectivity index (χ0v) is 11.6. The van der Waals surface area contributed by atoms with E-state index in [1.54, 1.807) is 6.33 Å². The number of benzene rings is 1. The number of rotatable bonds is 3. The summed E-state index contributed by atoms with van der Waals surface area (Å²) >= 11 is 0. The number of fused-ring (bicyclic) bond motifs is 1. The fourth-order valence-electron chi connectivity index (χ4n) is 2.71. The van der Waals surface area contributed by atoms with E-state index in [1.807, 2.05) is 39.8 Å². The summed E-state index contributed by atoms with van der Waals surface area (Å²) in [5, 5.41) is 7.96. The standard InChI is InChI=1S/C15H18N4O/c1-2-13(12-6-4-3-5-7-12)15(20)18-8-9-19-11-16-17-14(19)10-18/h3-7,11,13H,2,8-10H2,1H3. The van der Waals surface area contributed by atoms with Crippen molar-refractivity contribution in [3.05, 3.63) is 48.0 Å². The molecule has 0 fully saturated rings. The van der Waals surface area contributed by atoms with Crippen LogP contribution in [0.25, 0.3) is 0 Å². The molecule has 0 saturated heterocycles. The molecule has 0 N–H and O–H groups in total. The summed E-state index contributed by atoms with van der Waals surface area (Å²) in [7, 11) is 0. The van der Waals surface area contributed by atoms with Crippen LogP contribution in [0.15, 0.2) is 36.7 Å². The lowest BCUT2D eigenvalue weighted by Crippen LogP contribution is -2.40. The summed E-state index contributed by atoms with van der Waals surface area (Å²) in [5.74, 6) is 0.992. The smallest absolute Gasteiger partial charge is 0.230 e. The first-order chi connectivity index (χ1) is 9.79. The minimum Gasteiger partial charge on any atom is -0.333 e. The molecule has 0 spiro atoms. The first kappa shape index (κ1) is 12.8. The van der Waals surface area contributed by atoms with Crippen LogP contribution in [-0.4, -0.2) is 32.1 Å². The Morgan fingerprint density at radius 2 is 2.10 bits per heavy atom. The normalized spacial score (nSPS) is 15.8. The SMILES string of the molecule is CCC(C(=O)N1CCn2cnnc2C1)c1ccccc1. The average molecular weight is 270 g/mol. The average Bonchev–Trinajstić information content (AvgIpc) is 2.96. The first-order valence-electron chi connectivity index (χ1n) is 7.00. The summed E-state index contributed by atoms with van der Waals surface area (Å²) in [6.07, 6.45) is 2.54. The lowest BCUT2D eigenvalue weighted by atomic mass is 9.95. The summed E-state index contributed by atoms with van der Waals surface area (Å²) in [6.45, 7) is 4.12. The molecule has 1 unspecified atom stereocenters. The molecule has 0 bridgehead atoms. The third-order valence-electron chi connectivity index (χ3n) is 3.86. The Bertz CT molecular complexity index is 593. The van der Waals surface area contributed by atoms with Crippen molar-refractivity contribution in [2.24, 2.45) is 0 Å². The van der Waals surface area contributed by atoms with Crippen LogP contribution < -0.4 is 0 Å². The molecule has 1 atom stereocenters. The number of aromatic nitrogens is 3. The fourth-order valence-corrected chi connectivity index (χ4v) is 2.71. The monoisotopic (exact) mass is 270 g/mol. The maximum Gasteiger partial charge on any atom is 0.230 e. The van der Waals surface area contributed by atoms with Gasteiger partial charge in [-0.2, -0.15) is 0 Å². The molecule has 20 heavy (non-hydrogen) atoms. The van der Waals surface area contributed by atoms with E-state index >= 15 is 0 Å². The molecule has 1 aliphatic rings. The molecule has 5 heteroatoms. The highest BCUT2D eigenvalue weighted by Crippen LogP contribution is 2.23. The van der Waals surface area contributed by atoms with Gasteiger partial charge in [0.2, 0.25) is 5.91 Å². The highest BCUT2D eigenvalue weighted by molar-refractivity contribution is 5.83. The summed E-state index contributed by atoms with van der Waals surface area (Å²) in [5.41, 5.74) is 1.09. The van der Waals surface area contributed by atoms with Crippen LogP contribution in [0.1, 0.15) is 30.7 Å². The predicted octanol–water partition coefficient (Wildman–Crippen LogP) is 1.81. The molecular formula is C15H18N4O. The zero-order chi connectivity index (χ0) is 13.9. The summed E-state index contributed by atoms with van der Waals surface area (Å²) < 4.78 is 2.01. The Balaban J connectivity index is 1.78. The molecule has 2 aromatic rings. The summed E-state index contributed by atoms with van der Waals surface area (Å²) in [4.78, 5) is 14.6. The maximum absolute atomic E-state index is 12.7. The molecule has 1 amide bonds. The van der Waals surface area contributed by atoms with Gasteiger partial charge in [-0.25, -0.2) is 0 Å². The zero-order valence-electron chi connectivity index (χ0n) is 11.6. The van der Waals surface area contributed by atoms with Crippen LogP contribution in [0.4, 0.5) is 0 Å². The van der Waals surface area contributed by atoms with Gasteiger partial charge in [0.25, 0.3) is 0 Å². The van der Waals surface area contributed by atoms with Crippen molar-refractivity contribution in [1.29, 1.82) is 0 Å². The van der Waals surface area contributed by atoms with Crippen molar-refractivity contribution in [1.82, 2.24) is 19.7 Å². The number of carbonyl (C=O) groups is 1. The highest BCUT2D eigenvalue weighted by atomic mass is 16.2.